The second kappa shape index (κ2) is 9.54. The maximum Gasteiger partial charge on any atom is 0.255 e. The number of sulfonamides is 1. The Bertz CT molecular complexity index is 1020. The molecule has 1 amide bonds. The van der Waals surface area contributed by atoms with Crippen molar-refractivity contribution in [3.8, 4) is 0 Å². The lowest BCUT2D eigenvalue weighted by Crippen LogP contribution is -2.49. The molecule has 9 heteroatoms. The minimum atomic E-state index is -3.38. The Hall–Kier alpha value is -2.16. The van der Waals surface area contributed by atoms with Crippen LogP contribution < -0.4 is 4.90 Å². The molecule has 0 saturated carbocycles. The van der Waals surface area contributed by atoms with Crippen LogP contribution in [-0.4, -0.2) is 67.8 Å². The number of amides is 1. The van der Waals surface area contributed by atoms with Crippen LogP contribution in [0.1, 0.15) is 35.2 Å². The summed E-state index contributed by atoms with van der Waals surface area (Å²) in [7, 11) is -3.38. The summed E-state index contributed by atoms with van der Waals surface area (Å²) in [4.78, 5) is 21.0. The molecule has 0 bridgehead atoms. The van der Waals surface area contributed by atoms with Crippen LogP contribution in [0.25, 0.3) is 0 Å². The van der Waals surface area contributed by atoms with Gasteiger partial charge in [-0.2, -0.15) is 4.31 Å². The molecule has 0 spiro atoms. The van der Waals surface area contributed by atoms with Crippen molar-refractivity contribution in [2.75, 3.05) is 44.2 Å². The minimum absolute atomic E-state index is 0.000153. The van der Waals surface area contributed by atoms with Crippen molar-refractivity contribution in [2.24, 2.45) is 0 Å². The van der Waals surface area contributed by atoms with E-state index in [9.17, 15) is 13.2 Å². The number of anilines is 1. The smallest absolute Gasteiger partial charge is 0.255 e. The van der Waals surface area contributed by atoms with Gasteiger partial charge in [-0.1, -0.05) is 41.9 Å². The summed E-state index contributed by atoms with van der Waals surface area (Å²) in [6.45, 7) is 3.30. The third-order valence-electron chi connectivity index (χ3n) is 5.84. The number of aromatic nitrogens is 1. The van der Waals surface area contributed by atoms with Gasteiger partial charge in [-0.15, -0.1) is 0 Å². The molecule has 1 aromatic carbocycles. The molecule has 0 radical (unpaired) electrons. The van der Waals surface area contributed by atoms with Crippen LogP contribution in [0.4, 0.5) is 5.82 Å². The molecule has 0 atom stereocenters. The highest BCUT2D eigenvalue weighted by Crippen LogP contribution is 2.27. The monoisotopic (exact) mass is 462 g/mol. The highest BCUT2D eigenvalue weighted by atomic mass is 35.5. The first-order valence-electron chi connectivity index (χ1n) is 10.7. The molecule has 166 valence electrons. The summed E-state index contributed by atoms with van der Waals surface area (Å²) < 4.78 is 27.0. The maximum atomic E-state index is 12.8. The van der Waals surface area contributed by atoms with Crippen LogP contribution in [-0.2, 0) is 15.8 Å². The second-order valence-corrected chi connectivity index (χ2v) is 10.4. The number of piperazine rings is 1. The Morgan fingerprint density at radius 2 is 1.65 bits per heavy atom. The normalized spacial score (nSPS) is 18.2. The van der Waals surface area contributed by atoms with Gasteiger partial charge in [-0.3, -0.25) is 4.79 Å². The zero-order valence-electron chi connectivity index (χ0n) is 17.4. The van der Waals surface area contributed by atoms with Gasteiger partial charge in [0.05, 0.1) is 16.3 Å². The first-order chi connectivity index (χ1) is 14.9. The number of halogens is 1. The molecule has 31 heavy (non-hydrogen) atoms. The summed E-state index contributed by atoms with van der Waals surface area (Å²) in [5, 5.41) is 0.420. The molecular formula is C22H27ClN4O3S. The van der Waals surface area contributed by atoms with Crippen molar-refractivity contribution < 1.29 is 13.2 Å². The summed E-state index contributed by atoms with van der Waals surface area (Å²) in [6.07, 6.45) is 4.80. The molecule has 2 aliphatic rings. The lowest BCUT2D eigenvalue weighted by atomic mass is 10.1. The third-order valence-corrected chi connectivity index (χ3v) is 7.96. The van der Waals surface area contributed by atoms with E-state index in [2.05, 4.69) is 4.98 Å². The fourth-order valence-corrected chi connectivity index (χ4v) is 5.92. The highest BCUT2D eigenvalue weighted by Gasteiger charge is 2.29. The lowest BCUT2D eigenvalue weighted by molar-refractivity contribution is 0.0724. The molecule has 2 aromatic rings. The molecule has 3 heterocycles. The number of hydrogen-bond donors (Lipinski definition) is 0. The zero-order chi connectivity index (χ0) is 21.8. The molecule has 2 saturated heterocycles. The number of nitrogens with zero attached hydrogens (tertiary/aromatic N) is 4. The van der Waals surface area contributed by atoms with Crippen LogP contribution in [0.3, 0.4) is 0 Å². The van der Waals surface area contributed by atoms with Crippen LogP contribution in [0, 0.1) is 0 Å². The van der Waals surface area contributed by atoms with Crippen LogP contribution in [0.15, 0.2) is 42.6 Å². The van der Waals surface area contributed by atoms with Gasteiger partial charge in [-0.05, 0) is 30.9 Å². The van der Waals surface area contributed by atoms with Crippen molar-refractivity contribution in [3.05, 3.63) is 58.7 Å². The van der Waals surface area contributed by atoms with Gasteiger partial charge < -0.3 is 9.80 Å². The van der Waals surface area contributed by atoms with E-state index >= 15 is 0 Å². The number of benzene rings is 1. The second-order valence-electron chi connectivity index (χ2n) is 8.01. The van der Waals surface area contributed by atoms with Gasteiger partial charge in [0, 0.05) is 45.5 Å². The molecule has 2 aliphatic heterocycles. The molecule has 1 aromatic heterocycles. The molecule has 0 aliphatic carbocycles. The van der Waals surface area contributed by atoms with E-state index in [0.717, 1.165) is 37.9 Å². The predicted molar refractivity (Wildman–Crippen MR) is 122 cm³/mol. The largest absolute Gasteiger partial charge is 0.353 e. The number of rotatable bonds is 5. The van der Waals surface area contributed by atoms with E-state index in [-0.39, 0.29) is 11.7 Å². The van der Waals surface area contributed by atoms with Gasteiger partial charge >= 0.3 is 0 Å². The Morgan fingerprint density at radius 1 is 0.968 bits per heavy atom. The highest BCUT2D eigenvalue weighted by molar-refractivity contribution is 7.88. The topological polar surface area (TPSA) is 73.8 Å². The Labute approximate surface area is 188 Å². The van der Waals surface area contributed by atoms with Crippen molar-refractivity contribution >= 4 is 33.3 Å². The average molecular weight is 463 g/mol. The molecule has 0 unspecified atom stereocenters. The van der Waals surface area contributed by atoms with Crippen LogP contribution >= 0.6 is 11.6 Å². The molecule has 4 rings (SSSR count). The van der Waals surface area contributed by atoms with Gasteiger partial charge in [0.15, 0.2) is 0 Å². The zero-order valence-corrected chi connectivity index (χ0v) is 19.0. The number of hydrogen-bond acceptors (Lipinski definition) is 5. The Morgan fingerprint density at radius 3 is 2.29 bits per heavy atom. The predicted octanol–water partition coefficient (Wildman–Crippen LogP) is 3.01. The van der Waals surface area contributed by atoms with Crippen molar-refractivity contribution in [1.29, 1.82) is 0 Å². The van der Waals surface area contributed by atoms with Gasteiger partial charge in [0.1, 0.15) is 5.82 Å². The van der Waals surface area contributed by atoms with Crippen molar-refractivity contribution in [3.63, 3.8) is 0 Å². The van der Waals surface area contributed by atoms with Gasteiger partial charge in [0.2, 0.25) is 10.0 Å². The first-order valence-corrected chi connectivity index (χ1v) is 12.6. The summed E-state index contributed by atoms with van der Waals surface area (Å²) in [5.41, 5.74) is 1.28. The fraction of sp³-hybridized carbons (Fsp3) is 0.455. The van der Waals surface area contributed by atoms with Crippen molar-refractivity contribution in [1.82, 2.24) is 14.2 Å². The van der Waals surface area contributed by atoms with E-state index in [1.807, 2.05) is 40.1 Å². The molecular weight excluding hydrogens is 436 g/mol. The molecule has 2 fully saturated rings. The number of likely N-dealkylation sites (tertiary alicyclic amines) is 1. The van der Waals surface area contributed by atoms with Gasteiger partial charge in [-0.25, -0.2) is 13.4 Å². The third kappa shape index (κ3) is 5.19. The minimum Gasteiger partial charge on any atom is -0.353 e. The number of pyridine rings is 1. The van der Waals surface area contributed by atoms with E-state index in [0.29, 0.717) is 42.6 Å². The molecule has 0 N–H and O–H groups in total. The number of piperidine rings is 1. The van der Waals surface area contributed by atoms with Crippen LogP contribution in [0.5, 0.6) is 0 Å². The van der Waals surface area contributed by atoms with E-state index in [1.165, 1.54) is 4.31 Å². The lowest BCUT2D eigenvalue weighted by Gasteiger charge is -2.35. The average Bonchev–Trinajstić information content (AvgIpc) is 2.79. The number of carbonyl (C=O) groups excluding carboxylic acids is 1. The summed E-state index contributed by atoms with van der Waals surface area (Å²) in [5.74, 6) is 0.564. The first kappa shape index (κ1) is 22.0. The Kier molecular flexibility index (Phi) is 6.79. The SMILES string of the molecule is O=C(c1cnc(N2CCN(S(=O)(=O)Cc3ccccc3)CC2)c(Cl)c1)N1CCCCC1. The standard InChI is InChI=1S/C22H27ClN4O3S/c23-20-15-19(22(28)26-9-5-2-6-10-26)16-24-21(20)25-11-13-27(14-12-25)31(29,30)17-18-7-3-1-4-8-18/h1,3-4,7-8,15-16H,2,5-6,9-14,17H2. The molecule has 7 nitrogen and oxygen atoms in total. The van der Waals surface area contributed by atoms with Gasteiger partial charge in [0.25, 0.3) is 5.91 Å². The quantitative estimate of drug-likeness (QED) is 0.682. The summed E-state index contributed by atoms with van der Waals surface area (Å²) in [6, 6.07) is 10.9. The van der Waals surface area contributed by atoms with E-state index in [1.54, 1.807) is 12.3 Å². The Balaban J connectivity index is 1.39. The van der Waals surface area contributed by atoms with E-state index in [4.69, 9.17) is 11.6 Å². The maximum absolute atomic E-state index is 12.8. The fourth-order valence-electron chi connectivity index (χ4n) is 4.11. The summed E-state index contributed by atoms with van der Waals surface area (Å²) >= 11 is 6.47. The van der Waals surface area contributed by atoms with E-state index < -0.39 is 10.0 Å². The van der Waals surface area contributed by atoms with Crippen LogP contribution in [0.2, 0.25) is 5.02 Å². The number of carbonyl (C=O) groups is 1. The van der Waals surface area contributed by atoms with Crippen molar-refractivity contribution in [2.45, 2.75) is 25.0 Å².